The van der Waals surface area contributed by atoms with E-state index >= 15 is 0 Å². The topological polar surface area (TPSA) is 64.2 Å². The molecule has 0 aliphatic carbocycles. The number of halogens is 1. The molecule has 0 radical (unpaired) electrons. The quantitative estimate of drug-likeness (QED) is 0.791. The Morgan fingerprint density at radius 1 is 1.47 bits per heavy atom. The van der Waals surface area contributed by atoms with E-state index in [1.807, 2.05) is 0 Å². The number of rotatable bonds is 3. The molecule has 1 aromatic carbocycles. The van der Waals surface area contributed by atoms with Crippen molar-refractivity contribution in [2.45, 2.75) is 25.6 Å². The van der Waals surface area contributed by atoms with Crippen LogP contribution in [0.1, 0.15) is 23.7 Å². The van der Waals surface area contributed by atoms with Gasteiger partial charge in [-0.3, -0.25) is 0 Å². The summed E-state index contributed by atoms with van der Waals surface area (Å²) in [6.07, 6.45) is -2.84. The number of benzene rings is 1. The monoisotopic (exact) mass is 209 g/mol. The molecule has 4 heteroatoms. The lowest BCUT2D eigenvalue weighted by Gasteiger charge is -2.16. The third kappa shape index (κ3) is 2.75. The van der Waals surface area contributed by atoms with Gasteiger partial charge in [-0.15, -0.1) is 0 Å². The lowest BCUT2D eigenvalue weighted by Crippen LogP contribution is -2.18. The van der Waals surface area contributed by atoms with Crippen molar-refractivity contribution in [3.63, 3.8) is 0 Å². The first-order chi connectivity index (χ1) is 7.06. The minimum absolute atomic E-state index is 0.0170. The van der Waals surface area contributed by atoms with Crippen LogP contribution in [0.2, 0.25) is 0 Å². The van der Waals surface area contributed by atoms with Crippen molar-refractivity contribution in [3.05, 3.63) is 35.1 Å². The van der Waals surface area contributed by atoms with Crippen LogP contribution in [0.3, 0.4) is 0 Å². The summed E-state index contributed by atoms with van der Waals surface area (Å²) >= 11 is 0. The lowest BCUT2D eigenvalue weighted by molar-refractivity contribution is 0.0195. The average Bonchev–Trinajstić information content (AvgIpc) is 2.17. The molecule has 0 saturated heterocycles. The second-order valence-corrected chi connectivity index (χ2v) is 3.40. The first-order valence-corrected chi connectivity index (χ1v) is 4.55. The number of nitriles is 1. The van der Waals surface area contributed by atoms with Crippen LogP contribution in [-0.2, 0) is 0 Å². The third-order valence-corrected chi connectivity index (χ3v) is 2.14. The molecule has 0 aliphatic rings. The van der Waals surface area contributed by atoms with Crippen LogP contribution < -0.4 is 0 Å². The maximum absolute atomic E-state index is 13.3. The first kappa shape index (κ1) is 11.6. The zero-order chi connectivity index (χ0) is 11.4. The van der Waals surface area contributed by atoms with Crippen molar-refractivity contribution in [2.75, 3.05) is 0 Å². The van der Waals surface area contributed by atoms with Gasteiger partial charge in [0.25, 0.3) is 0 Å². The van der Waals surface area contributed by atoms with Gasteiger partial charge in [-0.25, -0.2) is 4.39 Å². The second kappa shape index (κ2) is 4.87. The highest BCUT2D eigenvalue weighted by Crippen LogP contribution is 2.22. The zero-order valence-corrected chi connectivity index (χ0v) is 8.31. The fraction of sp³-hybridized carbons (Fsp3) is 0.364. The number of aliphatic hydroxyl groups is 2. The maximum Gasteiger partial charge on any atom is 0.129 e. The van der Waals surface area contributed by atoms with E-state index in [-0.39, 0.29) is 12.0 Å². The normalized spacial score (nSPS) is 14.3. The smallest absolute Gasteiger partial charge is 0.129 e. The Morgan fingerprint density at radius 3 is 2.67 bits per heavy atom. The summed E-state index contributed by atoms with van der Waals surface area (Å²) < 4.78 is 13.3. The highest BCUT2D eigenvalue weighted by molar-refractivity contribution is 5.25. The minimum Gasteiger partial charge on any atom is -0.389 e. The Hall–Kier alpha value is -1.44. The van der Waals surface area contributed by atoms with Crippen molar-refractivity contribution in [2.24, 2.45) is 0 Å². The van der Waals surface area contributed by atoms with Crippen molar-refractivity contribution in [1.29, 1.82) is 5.26 Å². The molecule has 1 aromatic rings. The number of aryl methyl sites for hydroxylation is 1. The van der Waals surface area contributed by atoms with Crippen LogP contribution in [-0.4, -0.2) is 16.3 Å². The molecule has 3 nitrogen and oxygen atoms in total. The minimum atomic E-state index is -1.36. The van der Waals surface area contributed by atoms with Gasteiger partial charge in [0.15, 0.2) is 0 Å². The molecular weight excluding hydrogens is 197 g/mol. The van der Waals surface area contributed by atoms with E-state index in [1.54, 1.807) is 19.1 Å². The molecule has 0 heterocycles. The van der Waals surface area contributed by atoms with Crippen molar-refractivity contribution in [3.8, 4) is 6.07 Å². The number of aliphatic hydroxyl groups excluding tert-OH is 2. The van der Waals surface area contributed by atoms with Crippen LogP contribution in [0, 0.1) is 24.1 Å². The van der Waals surface area contributed by atoms with Gasteiger partial charge in [0.1, 0.15) is 11.9 Å². The van der Waals surface area contributed by atoms with Gasteiger partial charge >= 0.3 is 0 Å². The summed E-state index contributed by atoms with van der Waals surface area (Å²) in [5, 5.41) is 27.2. The molecule has 1 rings (SSSR count). The molecule has 0 aromatic heterocycles. The van der Waals surface area contributed by atoms with Crippen LogP contribution >= 0.6 is 0 Å². The van der Waals surface area contributed by atoms with Crippen LogP contribution in [0.4, 0.5) is 4.39 Å². The third-order valence-electron chi connectivity index (χ3n) is 2.14. The van der Waals surface area contributed by atoms with E-state index in [0.717, 1.165) is 5.56 Å². The highest BCUT2D eigenvalue weighted by atomic mass is 19.1. The Labute approximate surface area is 87.4 Å². The molecule has 80 valence electrons. The Balaban J connectivity index is 2.91. The highest BCUT2D eigenvalue weighted by Gasteiger charge is 2.20. The molecule has 0 spiro atoms. The van der Waals surface area contributed by atoms with Crippen molar-refractivity contribution >= 4 is 0 Å². The predicted octanol–water partition coefficient (Wildman–Crippen LogP) is 1.44. The van der Waals surface area contributed by atoms with E-state index in [1.165, 1.54) is 12.1 Å². The molecular formula is C11H12FNO2. The van der Waals surface area contributed by atoms with Gasteiger partial charge in [-0.2, -0.15) is 5.26 Å². The van der Waals surface area contributed by atoms with E-state index < -0.39 is 18.0 Å². The van der Waals surface area contributed by atoms with Gasteiger partial charge in [0.2, 0.25) is 0 Å². The molecule has 15 heavy (non-hydrogen) atoms. The fourth-order valence-electron chi connectivity index (χ4n) is 1.28. The molecule has 0 saturated carbocycles. The summed E-state index contributed by atoms with van der Waals surface area (Å²) in [5.74, 6) is -0.570. The van der Waals surface area contributed by atoms with Crippen molar-refractivity contribution in [1.82, 2.24) is 0 Å². The van der Waals surface area contributed by atoms with Crippen LogP contribution in [0.25, 0.3) is 0 Å². The summed E-state index contributed by atoms with van der Waals surface area (Å²) in [6, 6.07) is 6.04. The second-order valence-electron chi connectivity index (χ2n) is 3.40. The Kier molecular flexibility index (Phi) is 3.78. The SMILES string of the molecule is Cc1ccc(C(O)C(O)CC#N)c(F)c1. The standard InChI is InChI=1S/C11H12FNO2/c1-7-2-3-8(9(12)6-7)11(15)10(14)4-5-13/h2-3,6,10-11,14-15H,4H2,1H3. The molecule has 2 N–H and O–H groups in total. The number of hydrogen-bond donors (Lipinski definition) is 2. The molecule has 0 fully saturated rings. The molecule has 0 bridgehead atoms. The van der Waals surface area contributed by atoms with Gasteiger partial charge in [0, 0.05) is 5.56 Å². The summed E-state index contributed by atoms with van der Waals surface area (Å²) in [4.78, 5) is 0. The van der Waals surface area contributed by atoms with Gasteiger partial charge in [-0.1, -0.05) is 12.1 Å². The van der Waals surface area contributed by atoms with Gasteiger partial charge in [-0.05, 0) is 18.6 Å². The van der Waals surface area contributed by atoms with E-state index in [9.17, 15) is 14.6 Å². The van der Waals surface area contributed by atoms with Crippen molar-refractivity contribution < 1.29 is 14.6 Å². The number of nitrogens with zero attached hydrogens (tertiary/aromatic N) is 1. The summed E-state index contributed by atoms with van der Waals surface area (Å²) in [5.41, 5.74) is 0.751. The van der Waals surface area contributed by atoms with Crippen LogP contribution in [0.15, 0.2) is 18.2 Å². The first-order valence-electron chi connectivity index (χ1n) is 4.55. The largest absolute Gasteiger partial charge is 0.389 e. The van der Waals surface area contributed by atoms with E-state index in [0.29, 0.717) is 0 Å². The average molecular weight is 209 g/mol. The summed E-state index contributed by atoms with van der Waals surface area (Å²) in [7, 11) is 0. The Morgan fingerprint density at radius 2 is 2.13 bits per heavy atom. The molecule has 0 aliphatic heterocycles. The van der Waals surface area contributed by atoms with E-state index in [2.05, 4.69) is 0 Å². The van der Waals surface area contributed by atoms with Gasteiger partial charge < -0.3 is 10.2 Å². The van der Waals surface area contributed by atoms with Gasteiger partial charge in [0.05, 0.1) is 18.6 Å². The maximum atomic E-state index is 13.3. The fourth-order valence-corrected chi connectivity index (χ4v) is 1.28. The molecule has 2 unspecified atom stereocenters. The van der Waals surface area contributed by atoms with E-state index in [4.69, 9.17) is 5.26 Å². The summed E-state index contributed by atoms with van der Waals surface area (Å²) in [6.45, 7) is 1.73. The zero-order valence-electron chi connectivity index (χ0n) is 8.31. The van der Waals surface area contributed by atoms with Crippen LogP contribution in [0.5, 0.6) is 0 Å². The Bertz CT molecular complexity index is 387. The predicted molar refractivity (Wildman–Crippen MR) is 52.3 cm³/mol. The lowest BCUT2D eigenvalue weighted by atomic mass is 10.0. The molecule has 2 atom stereocenters. The number of hydrogen-bond acceptors (Lipinski definition) is 3. The molecule has 0 amide bonds.